The van der Waals surface area contributed by atoms with Crippen LogP contribution in [-0.2, 0) is 16.2 Å². The summed E-state index contributed by atoms with van der Waals surface area (Å²) < 4.78 is 5.85. The van der Waals surface area contributed by atoms with Crippen LogP contribution in [0.4, 0.5) is 5.69 Å². The predicted molar refractivity (Wildman–Crippen MR) is 117 cm³/mol. The fourth-order valence-corrected chi connectivity index (χ4v) is 2.73. The number of nitrogens with zero attached hydrogens (tertiary/aromatic N) is 1. The number of anilines is 1. The summed E-state index contributed by atoms with van der Waals surface area (Å²) in [4.78, 5) is 24.2. The van der Waals surface area contributed by atoms with E-state index in [1.807, 2.05) is 80.6 Å². The van der Waals surface area contributed by atoms with Crippen LogP contribution < -0.4 is 15.5 Å². The summed E-state index contributed by atoms with van der Waals surface area (Å²) in [7, 11) is 0. The van der Waals surface area contributed by atoms with Crippen molar-refractivity contribution in [3.8, 4) is 5.75 Å². The number of ether oxygens (including phenoxy) is 1. The van der Waals surface area contributed by atoms with Gasteiger partial charge in [0.15, 0.2) is 0 Å². The molecule has 0 saturated heterocycles. The maximum absolute atomic E-state index is 12.1. The van der Waals surface area contributed by atoms with E-state index in [-0.39, 0.29) is 0 Å². The van der Waals surface area contributed by atoms with Crippen LogP contribution in [-0.4, -0.2) is 18.0 Å². The first-order valence-corrected chi connectivity index (χ1v) is 9.51. The van der Waals surface area contributed by atoms with Crippen LogP contribution in [0.3, 0.4) is 0 Å². The van der Waals surface area contributed by atoms with E-state index in [0.717, 1.165) is 16.7 Å². The fraction of sp³-hybridized carbons (Fsp3) is 0.125. The molecule has 0 fully saturated rings. The van der Waals surface area contributed by atoms with Gasteiger partial charge >= 0.3 is 11.8 Å². The molecule has 0 aliphatic carbocycles. The number of aryl methyl sites for hydroxylation is 1. The third-order valence-corrected chi connectivity index (χ3v) is 4.58. The second-order valence-electron chi connectivity index (χ2n) is 6.71. The van der Waals surface area contributed by atoms with Crippen molar-refractivity contribution in [2.45, 2.75) is 20.5 Å². The number of hydrogen-bond donors (Lipinski definition) is 2. The average Bonchev–Trinajstić information content (AvgIpc) is 2.77. The fourth-order valence-electron chi connectivity index (χ4n) is 2.73. The molecule has 152 valence electrons. The minimum atomic E-state index is -0.852. The van der Waals surface area contributed by atoms with Crippen molar-refractivity contribution in [1.82, 2.24) is 5.43 Å². The molecule has 3 aromatic carbocycles. The number of carbonyl (C=O) groups is 2. The van der Waals surface area contributed by atoms with E-state index in [1.165, 1.54) is 6.21 Å². The van der Waals surface area contributed by atoms with E-state index in [0.29, 0.717) is 23.6 Å². The van der Waals surface area contributed by atoms with Gasteiger partial charge in [-0.3, -0.25) is 9.59 Å². The monoisotopic (exact) mass is 401 g/mol. The molecule has 6 nitrogen and oxygen atoms in total. The highest BCUT2D eigenvalue weighted by molar-refractivity contribution is 6.39. The molecule has 2 N–H and O–H groups in total. The van der Waals surface area contributed by atoms with Gasteiger partial charge < -0.3 is 10.1 Å². The number of nitrogens with one attached hydrogen (secondary N) is 2. The molecule has 0 radical (unpaired) electrons. The van der Waals surface area contributed by atoms with Crippen molar-refractivity contribution >= 4 is 23.7 Å². The molecule has 0 bridgehead atoms. The zero-order valence-corrected chi connectivity index (χ0v) is 16.9. The van der Waals surface area contributed by atoms with E-state index in [2.05, 4.69) is 15.8 Å². The van der Waals surface area contributed by atoms with Crippen LogP contribution in [0.25, 0.3) is 0 Å². The summed E-state index contributed by atoms with van der Waals surface area (Å²) in [5.74, 6) is -1.01. The van der Waals surface area contributed by atoms with Gasteiger partial charge in [0, 0.05) is 11.3 Å². The minimum absolute atomic E-state index is 0.413. The van der Waals surface area contributed by atoms with Gasteiger partial charge in [0.1, 0.15) is 12.4 Å². The third kappa shape index (κ3) is 5.54. The van der Waals surface area contributed by atoms with Gasteiger partial charge in [0.05, 0.1) is 6.21 Å². The van der Waals surface area contributed by atoms with Gasteiger partial charge in [-0.1, -0.05) is 54.6 Å². The first-order valence-electron chi connectivity index (χ1n) is 9.51. The molecular formula is C24H23N3O3. The van der Waals surface area contributed by atoms with E-state index < -0.39 is 11.8 Å². The Morgan fingerprint density at radius 2 is 1.63 bits per heavy atom. The van der Waals surface area contributed by atoms with Gasteiger partial charge in [-0.2, -0.15) is 5.10 Å². The lowest BCUT2D eigenvalue weighted by molar-refractivity contribution is -0.136. The van der Waals surface area contributed by atoms with Gasteiger partial charge in [0.2, 0.25) is 0 Å². The van der Waals surface area contributed by atoms with Crippen molar-refractivity contribution in [3.63, 3.8) is 0 Å². The third-order valence-electron chi connectivity index (χ3n) is 4.58. The van der Waals surface area contributed by atoms with E-state index >= 15 is 0 Å². The van der Waals surface area contributed by atoms with Crippen LogP contribution in [0.1, 0.15) is 22.3 Å². The van der Waals surface area contributed by atoms with Gasteiger partial charge in [-0.25, -0.2) is 5.43 Å². The van der Waals surface area contributed by atoms with Crippen LogP contribution in [0.5, 0.6) is 5.75 Å². The van der Waals surface area contributed by atoms with Crippen molar-refractivity contribution in [1.29, 1.82) is 0 Å². The predicted octanol–water partition coefficient (Wildman–Crippen LogP) is 3.97. The van der Waals surface area contributed by atoms with E-state index in [1.54, 1.807) is 6.07 Å². The molecule has 30 heavy (non-hydrogen) atoms. The first kappa shape index (κ1) is 20.8. The molecule has 3 rings (SSSR count). The average molecular weight is 401 g/mol. The standard InChI is InChI=1S/C24H23N3O3/c1-17-9-8-13-21(18(17)2)26-23(28)24(29)27-25-15-20-12-6-7-14-22(20)30-16-19-10-4-3-5-11-19/h3-15H,16H2,1-2H3,(H,26,28)(H,27,29)/b25-15-. The quantitative estimate of drug-likeness (QED) is 0.373. The Hall–Kier alpha value is -3.93. The second kappa shape index (κ2) is 10.0. The van der Waals surface area contributed by atoms with E-state index in [9.17, 15) is 9.59 Å². The summed E-state index contributed by atoms with van der Waals surface area (Å²) in [5.41, 5.74) is 6.51. The first-order chi connectivity index (χ1) is 14.5. The van der Waals surface area contributed by atoms with Crippen molar-refractivity contribution in [2.75, 3.05) is 5.32 Å². The lowest BCUT2D eigenvalue weighted by Gasteiger charge is -2.10. The maximum Gasteiger partial charge on any atom is 0.329 e. The molecule has 2 amide bonds. The molecule has 0 unspecified atom stereocenters. The van der Waals surface area contributed by atoms with Crippen molar-refractivity contribution in [3.05, 3.63) is 95.1 Å². The van der Waals surface area contributed by atoms with Crippen LogP contribution in [0.2, 0.25) is 0 Å². The molecule has 0 saturated carbocycles. The number of carbonyl (C=O) groups excluding carboxylic acids is 2. The summed E-state index contributed by atoms with van der Waals surface area (Å²) in [6.45, 7) is 4.23. The molecule has 0 spiro atoms. The number of benzene rings is 3. The highest BCUT2D eigenvalue weighted by Crippen LogP contribution is 2.18. The summed E-state index contributed by atoms with van der Waals surface area (Å²) in [5, 5.41) is 6.49. The number of hydrazone groups is 1. The van der Waals surface area contributed by atoms with Crippen LogP contribution in [0, 0.1) is 13.8 Å². The largest absolute Gasteiger partial charge is 0.488 e. The molecular weight excluding hydrogens is 378 g/mol. The maximum atomic E-state index is 12.1. The molecule has 3 aromatic rings. The molecule has 0 heterocycles. The van der Waals surface area contributed by atoms with Crippen molar-refractivity contribution in [2.24, 2.45) is 5.10 Å². The molecule has 0 aliphatic heterocycles. The summed E-state index contributed by atoms with van der Waals surface area (Å²) in [6.07, 6.45) is 1.45. The van der Waals surface area contributed by atoms with Crippen molar-refractivity contribution < 1.29 is 14.3 Å². The van der Waals surface area contributed by atoms with Crippen LogP contribution in [0.15, 0.2) is 77.9 Å². The number of para-hydroxylation sites is 1. The van der Waals surface area contributed by atoms with Crippen LogP contribution >= 0.6 is 0 Å². The highest BCUT2D eigenvalue weighted by Gasteiger charge is 2.14. The zero-order chi connectivity index (χ0) is 21.3. The number of rotatable bonds is 6. The van der Waals surface area contributed by atoms with E-state index in [4.69, 9.17) is 4.74 Å². The Labute approximate surface area is 175 Å². The molecule has 0 atom stereocenters. The lowest BCUT2D eigenvalue weighted by atomic mass is 10.1. The SMILES string of the molecule is Cc1cccc(NC(=O)C(=O)N/N=C\c2ccccc2OCc2ccccc2)c1C. The Morgan fingerprint density at radius 1 is 0.900 bits per heavy atom. The lowest BCUT2D eigenvalue weighted by Crippen LogP contribution is -2.32. The number of amides is 2. The van der Waals surface area contributed by atoms with Gasteiger partial charge in [-0.15, -0.1) is 0 Å². The Bertz CT molecular complexity index is 1060. The molecule has 0 aliphatic rings. The topological polar surface area (TPSA) is 79.8 Å². The second-order valence-corrected chi connectivity index (χ2v) is 6.71. The Balaban J connectivity index is 1.59. The zero-order valence-electron chi connectivity index (χ0n) is 16.9. The smallest absolute Gasteiger partial charge is 0.329 e. The van der Waals surface area contributed by atoms with Gasteiger partial charge in [-0.05, 0) is 48.7 Å². The minimum Gasteiger partial charge on any atom is -0.488 e. The molecule has 0 aromatic heterocycles. The molecule has 6 heteroatoms. The van der Waals surface area contributed by atoms with Gasteiger partial charge in [0.25, 0.3) is 0 Å². The Morgan fingerprint density at radius 3 is 2.43 bits per heavy atom. The summed E-state index contributed by atoms with van der Waals surface area (Å²) in [6, 6.07) is 22.6. The number of hydrogen-bond acceptors (Lipinski definition) is 4. The normalized spacial score (nSPS) is 10.6. The Kier molecular flexibility index (Phi) is 6.95. The summed E-state index contributed by atoms with van der Waals surface area (Å²) >= 11 is 0. The highest BCUT2D eigenvalue weighted by atomic mass is 16.5.